The molecule has 1 aromatic heterocycles. The molecule has 1 rings (SSSR count). The molecule has 0 amide bonds. The third-order valence-electron chi connectivity index (χ3n) is 1.95. The minimum absolute atomic E-state index is 0.603. The van der Waals surface area contributed by atoms with Crippen molar-refractivity contribution in [1.82, 2.24) is 4.98 Å². The average molecular weight is 243 g/mol. The molecule has 0 aliphatic rings. The van der Waals surface area contributed by atoms with Crippen LogP contribution in [-0.4, -0.2) is 24.7 Å². The first-order valence-electron chi connectivity index (χ1n) is 5.61. The zero-order valence-electron chi connectivity index (χ0n) is 9.87. The van der Waals surface area contributed by atoms with Crippen LogP contribution in [0.2, 0.25) is 5.02 Å². The van der Waals surface area contributed by atoms with Gasteiger partial charge in [-0.1, -0.05) is 25.4 Å². The smallest absolute Gasteiger partial charge is 0.125 e. The molecule has 0 fully saturated rings. The SMILES string of the molecule is CC(C)COCCCNc1ccc(Cl)cn1. The second-order valence-electron chi connectivity index (χ2n) is 4.11. The highest BCUT2D eigenvalue weighted by Crippen LogP contribution is 2.09. The third-order valence-corrected chi connectivity index (χ3v) is 2.17. The fraction of sp³-hybridized carbons (Fsp3) is 0.583. The van der Waals surface area contributed by atoms with Gasteiger partial charge in [-0.05, 0) is 24.5 Å². The van der Waals surface area contributed by atoms with Crippen molar-refractivity contribution in [2.24, 2.45) is 5.92 Å². The topological polar surface area (TPSA) is 34.1 Å². The minimum Gasteiger partial charge on any atom is -0.381 e. The van der Waals surface area contributed by atoms with E-state index >= 15 is 0 Å². The van der Waals surface area contributed by atoms with E-state index in [-0.39, 0.29) is 0 Å². The Morgan fingerprint density at radius 3 is 2.88 bits per heavy atom. The Morgan fingerprint density at radius 2 is 2.25 bits per heavy atom. The van der Waals surface area contributed by atoms with Crippen molar-refractivity contribution < 1.29 is 4.74 Å². The van der Waals surface area contributed by atoms with Crippen molar-refractivity contribution in [3.05, 3.63) is 23.4 Å². The van der Waals surface area contributed by atoms with Gasteiger partial charge in [0.2, 0.25) is 0 Å². The van der Waals surface area contributed by atoms with Gasteiger partial charge >= 0.3 is 0 Å². The van der Waals surface area contributed by atoms with E-state index in [9.17, 15) is 0 Å². The lowest BCUT2D eigenvalue weighted by atomic mass is 10.2. The first kappa shape index (κ1) is 13.3. The van der Waals surface area contributed by atoms with Crippen LogP contribution in [0.5, 0.6) is 0 Å². The van der Waals surface area contributed by atoms with Crippen LogP contribution in [-0.2, 0) is 4.74 Å². The molecule has 16 heavy (non-hydrogen) atoms. The maximum atomic E-state index is 5.73. The number of halogens is 1. The molecule has 0 aromatic carbocycles. The Morgan fingerprint density at radius 1 is 1.44 bits per heavy atom. The van der Waals surface area contributed by atoms with Gasteiger partial charge in [-0.25, -0.2) is 4.98 Å². The number of nitrogens with one attached hydrogen (secondary N) is 1. The van der Waals surface area contributed by atoms with E-state index in [1.165, 1.54) is 0 Å². The fourth-order valence-corrected chi connectivity index (χ4v) is 1.30. The Hall–Kier alpha value is -0.800. The molecule has 90 valence electrons. The Labute approximate surface area is 102 Å². The van der Waals surface area contributed by atoms with Gasteiger partial charge in [0, 0.05) is 26.0 Å². The van der Waals surface area contributed by atoms with Crippen LogP contribution < -0.4 is 5.32 Å². The van der Waals surface area contributed by atoms with E-state index in [2.05, 4.69) is 24.1 Å². The van der Waals surface area contributed by atoms with E-state index < -0.39 is 0 Å². The van der Waals surface area contributed by atoms with E-state index in [4.69, 9.17) is 16.3 Å². The van der Waals surface area contributed by atoms with Crippen LogP contribution in [0.4, 0.5) is 5.82 Å². The highest BCUT2D eigenvalue weighted by molar-refractivity contribution is 6.30. The lowest BCUT2D eigenvalue weighted by molar-refractivity contribution is 0.110. The Kier molecular flexibility index (Phi) is 6.19. The normalized spacial score (nSPS) is 10.8. The van der Waals surface area contributed by atoms with Crippen LogP contribution in [0.3, 0.4) is 0 Å². The van der Waals surface area contributed by atoms with E-state index in [0.29, 0.717) is 10.9 Å². The molecular weight excluding hydrogens is 224 g/mol. The molecular formula is C12H19ClN2O. The zero-order valence-corrected chi connectivity index (χ0v) is 10.6. The standard InChI is InChI=1S/C12H19ClN2O/c1-10(2)9-16-7-3-6-14-12-5-4-11(13)8-15-12/h4-5,8,10H,3,6-7,9H2,1-2H3,(H,14,15). The van der Waals surface area contributed by atoms with Crippen LogP contribution in [0.1, 0.15) is 20.3 Å². The second-order valence-corrected chi connectivity index (χ2v) is 4.55. The highest BCUT2D eigenvalue weighted by atomic mass is 35.5. The van der Waals surface area contributed by atoms with E-state index in [1.54, 1.807) is 6.20 Å². The Balaban J connectivity index is 2.05. The summed E-state index contributed by atoms with van der Waals surface area (Å²) >= 11 is 5.73. The summed E-state index contributed by atoms with van der Waals surface area (Å²) in [6.45, 7) is 6.79. The summed E-state index contributed by atoms with van der Waals surface area (Å²) in [5.41, 5.74) is 0. The molecule has 0 saturated heterocycles. The number of pyridine rings is 1. The predicted molar refractivity (Wildman–Crippen MR) is 68.0 cm³/mol. The highest BCUT2D eigenvalue weighted by Gasteiger charge is 1.95. The first-order chi connectivity index (χ1) is 7.68. The summed E-state index contributed by atoms with van der Waals surface area (Å²) < 4.78 is 5.47. The summed E-state index contributed by atoms with van der Waals surface area (Å²) in [4.78, 5) is 4.14. The molecule has 0 atom stereocenters. The predicted octanol–water partition coefficient (Wildman–Crippen LogP) is 3.21. The number of hydrogen-bond donors (Lipinski definition) is 1. The number of anilines is 1. The van der Waals surface area contributed by atoms with Gasteiger partial charge in [-0.2, -0.15) is 0 Å². The van der Waals surface area contributed by atoms with E-state index in [1.807, 2.05) is 12.1 Å². The quantitative estimate of drug-likeness (QED) is 0.746. The number of aromatic nitrogens is 1. The second kappa shape index (κ2) is 7.47. The molecule has 1 aromatic rings. The summed E-state index contributed by atoms with van der Waals surface area (Å²) in [5.74, 6) is 1.46. The van der Waals surface area contributed by atoms with Gasteiger partial charge in [0.05, 0.1) is 5.02 Å². The molecule has 0 bridgehead atoms. The maximum Gasteiger partial charge on any atom is 0.125 e. The van der Waals surface area contributed by atoms with Gasteiger partial charge in [-0.15, -0.1) is 0 Å². The van der Waals surface area contributed by atoms with Crippen LogP contribution >= 0.6 is 11.6 Å². The molecule has 0 spiro atoms. The van der Waals surface area contributed by atoms with Crippen molar-refractivity contribution in [2.75, 3.05) is 25.1 Å². The molecule has 4 heteroatoms. The first-order valence-corrected chi connectivity index (χ1v) is 5.99. The Bertz CT molecular complexity index is 288. The number of nitrogens with zero attached hydrogens (tertiary/aromatic N) is 1. The van der Waals surface area contributed by atoms with Crippen molar-refractivity contribution in [1.29, 1.82) is 0 Å². The summed E-state index contributed by atoms with van der Waals surface area (Å²) in [5, 5.41) is 3.87. The summed E-state index contributed by atoms with van der Waals surface area (Å²) in [6.07, 6.45) is 2.62. The van der Waals surface area contributed by atoms with Gasteiger partial charge in [0.15, 0.2) is 0 Å². The van der Waals surface area contributed by atoms with Crippen LogP contribution in [0, 0.1) is 5.92 Å². The van der Waals surface area contributed by atoms with Gasteiger partial charge in [-0.3, -0.25) is 0 Å². The van der Waals surface area contributed by atoms with Gasteiger partial charge < -0.3 is 10.1 Å². The molecule has 0 saturated carbocycles. The largest absolute Gasteiger partial charge is 0.381 e. The van der Waals surface area contributed by atoms with Crippen molar-refractivity contribution in [2.45, 2.75) is 20.3 Å². The fourth-order valence-electron chi connectivity index (χ4n) is 1.19. The van der Waals surface area contributed by atoms with Crippen LogP contribution in [0.15, 0.2) is 18.3 Å². The van der Waals surface area contributed by atoms with Gasteiger partial charge in [0.25, 0.3) is 0 Å². The number of rotatable bonds is 7. The number of ether oxygens (including phenoxy) is 1. The maximum absolute atomic E-state index is 5.73. The molecule has 3 nitrogen and oxygen atoms in total. The molecule has 0 aliphatic carbocycles. The molecule has 1 N–H and O–H groups in total. The lowest BCUT2D eigenvalue weighted by Gasteiger charge is -2.07. The summed E-state index contributed by atoms with van der Waals surface area (Å²) in [7, 11) is 0. The third kappa shape index (κ3) is 5.93. The number of hydrogen-bond acceptors (Lipinski definition) is 3. The van der Waals surface area contributed by atoms with Crippen molar-refractivity contribution >= 4 is 17.4 Å². The van der Waals surface area contributed by atoms with E-state index in [0.717, 1.165) is 32.0 Å². The van der Waals surface area contributed by atoms with Gasteiger partial charge in [0.1, 0.15) is 5.82 Å². The monoisotopic (exact) mass is 242 g/mol. The molecule has 0 aliphatic heterocycles. The molecule has 0 radical (unpaired) electrons. The average Bonchev–Trinajstić information content (AvgIpc) is 2.25. The lowest BCUT2D eigenvalue weighted by Crippen LogP contribution is -2.09. The summed E-state index contributed by atoms with van der Waals surface area (Å²) in [6, 6.07) is 3.70. The van der Waals surface area contributed by atoms with Crippen molar-refractivity contribution in [3.8, 4) is 0 Å². The molecule has 1 heterocycles. The minimum atomic E-state index is 0.603. The zero-order chi connectivity index (χ0) is 11.8. The van der Waals surface area contributed by atoms with Crippen LogP contribution in [0.25, 0.3) is 0 Å². The van der Waals surface area contributed by atoms with Crippen molar-refractivity contribution in [3.63, 3.8) is 0 Å². The molecule has 0 unspecified atom stereocenters.